The molecule has 0 saturated heterocycles. The van der Waals surface area contributed by atoms with Crippen LogP contribution in [0.2, 0.25) is 5.02 Å². The average Bonchev–Trinajstić information content (AvgIpc) is 3.08. The number of benzene rings is 1. The van der Waals surface area contributed by atoms with Gasteiger partial charge in [-0.1, -0.05) is 49.1 Å². The number of carbonyl (C=O) groups excluding carboxylic acids is 1. The van der Waals surface area contributed by atoms with Crippen LogP contribution in [0.15, 0.2) is 33.9 Å². The lowest BCUT2D eigenvalue weighted by Gasteiger charge is -2.24. The van der Waals surface area contributed by atoms with Crippen molar-refractivity contribution in [2.24, 2.45) is 5.92 Å². The zero-order valence-corrected chi connectivity index (χ0v) is 18.7. The third kappa shape index (κ3) is 6.71. The van der Waals surface area contributed by atoms with E-state index in [1.54, 1.807) is 45.0 Å². The second-order valence-electron chi connectivity index (χ2n) is 7.80. The van der Waals surface area contributed by atoms with Crippen LogP contribution in [0.4, 0.5) is 4.79 Å². The third-order valence-electron chi connectivity index (χ3n) is 4.09. The lowest BCUT2D eigenvalue weighted by molar-refractivity contribution is 0.0473. The number of ether oxygens (including phenoxy) is 1. The number of amides is 1. The fourth-order valence-corrected chi connectivity index (χ4v) is 3.83. The number of aromatic nitrogens is 2. The van der Waals surface area contributed by atoms with E-state index in [-0.39, 0.29) is 17.6 Å². The van der Waals surface area contributed by atoms with Crippen molar-refractivity contribution in [1.82, 2.24) is 15.5 Å². The van der Waals surface area contributed by atoms with Gasteiger partial charge in [0.25, 0.3) is 0 Å². The van der Waals surface area contributed by atoms with E-state index in [0.717, 1.165) is 0 Å². The van der Waals surface area contributed by atoms with Gasteiger partial charge >= 0.3 is 11.3 Å². The summed E-state index contributed by atoms with van der Waals surface area (Å²) in [5.41, 5.74) is -0.174. The molecule has 0 radical (unpaired) electrons. The molecule has 0 aliphatic heterocycles. The fraction of sp³-hybridized carbons (Fsp3) is 0.526. The largest absolute Gasteiger partial charge is 0.444 e. The molecule has 160 valence electrons. The highest BCUT2D eigenvalue weighted by atomic mass is 35.5. The second-order valence-corrected chi connectivity index (χ2v) is 10.1. The Balaban J connectivity index is 2.24. The minimum absolute atomic E-state index is 0.00915. The molecule has 0 aliphatic carbocycles. The highest BCUT2D eigenvalue weighted by Gasteiger charge is 2.31. The quantitative estimate of drug-likeness (QED) is 0.678. The number of rotatable bonds is 7. The van der Waals surface area contributed by atoms with E-state index in [1.807, 2.05) is 13.8 Å². The van der Waals surface area contributed by atoms with Gasteiger partial charge in [-0.2, -0.15) is 0 Å². The van der Waals surface area contributed by atoms with Crippen molar-refractivity contribution in [3.8, 4) is 0 Å². The first kappa shape index (κ1) is 23.2. The van der Waals surface area contributed by atoms with Crippen LogP contribution in [0, 0.1) is 5.92 Å². The SMILES string of the molecule is CC[C@H](C)[C@H](NC(=O)OC(C)(C)C)c1nnc(S(=O)(=O)Cc2cccc(Cl)c2)o1. The number of halogens is 1. The van der Waals surface area contributed by atoms with E-state index in [1.165, 1.54) is 0 Å². The van der Waals surface area contributed by atoms with Gasteiger partial charge in [-0.3, -0.25) is 0 Å². The summed E-state index contributed by atoms with van der Waals surface area (Å²) in [5.74, 6) is -0.413. The Hall–Kier alpha value is -2.13. The van der Waals surface area contributed by atoms with Gasteiger partial charge in [-0.15, -0.1) is 5.10 Å². The standard InChI is InChI=1S/C19H26ClN3O5S/c1-6-12(2)15(21-17(24)28-19(3,4)5)16-22-23-18(27-16)29(25,26)11-13-8-7-9-14(20)10-13/h7-10,12,15H,6,11H2,1-5H3,(H,21,24)/t12-,15-/m0/s1. The van der Waals surface area contributed by atoms with Gasteiger partial charge in [0, 0.05) is 5.02 Å². The molecule has 1 aromatic carbocycles. The van der Waals surface area contributed by atoms with E-state index >= 15 is 0 Å². The topological polar surface area (TPSA) is 111 Å². The Morgan fingerprint density at radius 2 is 2.00 bits per heavy atom. The zero-order valence-electron chi connectivity index (χ0n) is 17.1. The maximum Gasteiger partial charge on any atom is 0.408 e. The van der Waals surface area contributed by atoms with E-state index in [2.05, 4.69) is 15.5 Å². The molecule has 1 N–H and O–H groups in total. The van der Waals surface area contributed by atoms with Crippen molar-refractivity contribution in [3.63, 3.8) is 0 Å². The Bertz CT molecular complexity index is 953. The van der Waals surface area contributed by atoms with Crippen LogP contribution >= 0.6 is 11.6 Å². The number of hydrogen-bond acceptors (Lipinski definition) is 7. The van der Waals surface area contributed by atoms with Crippen molar-refractivity contribution in [2.45, 2.75) is 63.7 Å². The van der Waals surface area contributed by atoms with Crippen LogP contribution in [-0.2, 0) is 20.3 Å². The van der Waals surface area contributed by atoms with Gasteiger partial charge in [0.2, 0.25) is 15.7 Å². The molecule has 1 aromatic heterocycles. The molecule has 10 heteroatoms. The molecule has 2 aromatic rings. The molecule has 0 unspecified atom stereocenters. The number of sulfone groups is 1. The minimum Gasteiger partial charge on any atom is -0.444 e. The summed E-state index contributed by atoms with van der Waals surface area (Å²) in [7, 11) is -3.88. The maximum atomic E-state index is 12.6. The summed E-state index contributed by atoms with van der Waals surface area (Å²) in [6.45, 7) is 9.06. The highest BCUT2D eigenvalue weighted by molar-refractivity contribution is 7.90. The first-order valence-electron chi connectivity index (χ1n) is 9.21. The fourth-order valence-electron chi connectivity index (χ4n) is 2.50. The maximum absolute atomic E-state index is 12.6. The van der Waals surface area contributed by atoms with Crippen molar-refractivity contribution >= 4 is 27.5 Å². The Labute approximate surface area is 175 Å². The van der Waals surface area contributed by atoms with Crippen molar-refractivity contribution in [3.05, 3.63) is 40.7 Å². The molecular weight excluding hydrogens is 418 g/mol. The summed E-state index contributed by atoms with van der Waals surface area (Å²) in [4.78, 5) is 12.2. The van der Waals surface area contributed by atoms with E-state index in [0.29, 0.717) is 17.0 Å². The molecule has 0 spiro atoms. The van der Waals surface area contributed by atoms with Gasteiger partial charge in [-0.25, -0.2) is 13.2 Å². The van der Waals surface area contributed by atoms with Gasteiger partial charge in [-0.05, 0) is 44.4 Å². The van der Waals surface area contributed by atoms with Crippen LogP contribution in [0.3, 0.4) is 0 Å². The van der Waals surface area contributed by atoms with Gasteiger partial charge in [0.05, 0.1) is 5.75 Å². The lowest BCUT2D eigenvalue weighted by atomic mass is 9.99. The van der Waals surface area contributed by atoms with E-state index in [4.69, 9.17) is 20.8 Å². The average molecular weight is 444 g/mol. The molecule has 0 fully saturated rings. The molecule has 0 saturated carbocycles. The van der Waals surface area contributed by atoms with Crippen molar-refractivity contribution in [1.29, 1.82) is 0 Å². The molecule has 0 bridgehead atoms. The summed E-state index contributed by atoms with van der Waals surface area (Å²) >= 11 is 5.91. The van der Waals surface area contributed by atoms with Crippen molar-refractivity contribution < 1.29 is 22.4 Å². The van der Waals surface area contributed by atoms with Gasteiger partial charge < -0.3 is 14.5 Å². The van der Waals surface area contributed by atoms with Crippen LogP contribution in [0.1, 0.15) is 58.5 Å². The predicted molar refractivity (Wildman–Crippen MR) is 108 cm³/mol. The smallest absolute Gasteiger partial charge is 0.408 e. The normalized spacial score (nSPS) is 14.3. The van der Waals surface area contributed by atoms with E-state index < -0.39 is 32.8 Å². The zero-order chi connectivity index (χ0) is 21.8. The van der Waals surface area contributed by atoms with Crippen LogP contribution in [0.5, 0.6) is 0 Å². The monoisotopic (exact) mass is 443 g/mol. The lowest BCUT2D eigenvalue weighted by Crippen LogP contribution is -2.37. The number of carbonyl (C=O) groups is 1. The van der Waals surface area contributed by atoms with Gasteiger partial charge in [0.15, 0.2) is 0 Å². The summed E-state index contributed by atoms with van der Waals surface area (Å²) in [6.07, 6.45) is 0.0392. The van der Waals surface area contributed by atoms with E-state index in [9.17, 15) is 13.2 Å². The first-order chi connectivity index (χ1) is 13.4. The Morgan fingerprint density at radius 3 is 2.59 bits per heavy atom. The Morgan fingerprint density at radius 1 is 1.31 bits per heavy atom. The molecule has 2 rings (SSSR count). The molecule has 8 nitrogen and oxygen atoms in total. The van der Waals surface area contributed by atoms with Crippen LogP contribution in [0.25, 0.3) is 0 Å². The third-order valence-corrected chi connectivity index (χ3v) is 5.73. The molecule has 29 heavy (non-hydrogen) atoms. The summed E-state index contributed by atoms with van der Waals surface area (Å²) < 4.78 is 36.0. The van der Waals surface area contributed by atoms with Gasteiger partial charge in [0.1, 0.15) is 11.6 Å². The first-order valence-corrected chi connectivity index (χ1v) is 11.2. The number of alkyl carbamates (subject to hydrolysis) is 1. The summed E-state index contributed by atoms with van der Waals surface area (Å²) in [6, 6.07) is 5.84. The number of nitrogens with one attached hydrogen (secondary N) is 1. The molecule has 0 aliphatic rings. The molecular formula is C19H26ClN3O5S. The van der Waals surface area contributed by atoms with Crippen LogP contribution in [-0.4, -0.2) is 30.3 Å². The molecule has 1 heterocycles. The minimum atomic E-state index is -3.88. The molecule has 2 atom stereocenters. The molecule has 1 amide bonds. The highest BCUT2D eigenvalue weighted by Crippen LogP contribution is 2.26. The van der Waals surface area contributed by atoms with Crippen molar-refractivity contribution in [2.75, 3.05) is 0 Å². The number of nitrogens with zero attached hydrogens (tertiary/aromatic N) is 2. The second kappa shape index (κ2) is 9.13. The van der Waals surface area contributed by atoms with Crippen LogP contribution < -0.4 is 5.32 Å². The Kier molecular flexibility index (Phi) is 7.29. The number of hydrogen-bond donors (Lipinski definition) is 1. The summed E-state index contributed by atoms with van der Waals surface area (Å²) in [5, 5.41) is 10.2. The predicted octanol–water partition coefficient (Wildman–Crippen LogP) is 4.31.